The van der Waals surface area contributed by atoms with Crippen LogP contribution in [0.5, 0.6) is 0 Å². The Morgan fingerprint density at radius 1 is 1.21 bits per heavy atom. The third kappa shape index (κ3) is 2.43. The van der Waals surface area contributed by atoms with Crippen LogP contribution in [0.15, 0.2) is 30.7 Å². The van der Waals surface area contributed by atoms with Gasteiger partial charge in [-0.15, -0.1) is 0 Å². The molecular weight excluding hydrogens is 255 g/mol. The van der Waals surface area contributed by atoms with E-state index in [0.29, 0.717) is 11.6 Å². The molecule has 1 aliphatic carbocycles. The summed E-state index contributed by atoms with van der Waals surface area (Å²) in [5.41, 5.74) is 6.19. The van der Waals surface area contributed by atoms with E-state index in [-0.39, 0.29) is 5.69 Å². The molecule has 3 nitrogen and oxygen atoms in total. The minimum atomic E-state index is -4.40. The molecule has 0 atom stereocenters. The molecular formula is C13H12F3N3. The first-order valence-corrected chi connectivity index (χ1v) is 5.95. The summed E-state index contributed by atoms with van der Waals surface area (Å²) in [7, 11) is 0. The Kier molecular flexibility index (Phi) is 2.55. The maximum atomic E-state index is 12.7. The summed E-state index contributed by atoms with van der Waals surface area (Å²) in [5, 5.41) is 0. The molecule has 2 aromatic rings. The van der Waals surface area contributed by atoms with Crippen LogP contribution in [0.3, 0.4) is 0 Å². The Hall–Kier alpha value is -1.98. The molecule has 0 amide bonds. The van der Waals surface area contributed by atoms with Gasteiger partial charge in [-0.1, -0.05) is 0 Å². The van der Waals surface area contributed by atoms with E-state index >= 15 is 0 Å². The molecule has 0 saturated heterocycles. The molecule has 100 valence electrons. The van der Waals surface area contributed by atoms with Gasteiger partial charge in [0, 0.05) is 23.5 Å². The molecule has 0 aliphatic heterocycles. The number of anilines is 1. The predicted molar refractivity (Wildman–Crippen MR) is 65.0 cm³/mol. The second kappa shape index (κ2) is 4.01. The highest BCUT2D eigenvalue weighted by Crippen LogP contribution is 2.39. The van der Waals surface area contributed by atoms with Crippen molar-refractivity contribution in [1.82, 2.24) is 9.55 Å². The summed E-state index contributed by atoms with van der Waals surface area (Å²) in [6, 6.07) is 3.52. The quantitative estimate of drug-likeness (QED) is 0.848. The first kappa shape index (κ1) is 12.1. The maximum Gasteiger partial charge on any atom is 0.416 e. The van der Waals surface area contributed by atoms with Gasteiger partial charge in [0.1, 0.15) is 0 Å². The number of nitrogens with zero attached hydrogens (tertiary/aromatic N) is 2. The molecule has 1 aliphatic rings. The number of alkyl halides is 3. The van der Waals surface area contributed by atoms with E-state index in [1.54, 1.807) is 10.8 Å². The standard InChI is InChI=1S/C13H12F3N3/c14-13(15,16)9-3-10(17)5-11(4-9)19-6-12(18-7-19)8-1-2-8/h3-8H,1-2,17H2. The van der Waals surface area contributed by atoms with Crippen molar-refractivity contribution in [3.63, 3.8) is 0 Å². The first-order valence-electron chi connectivity index (χ1n) is 5.95. The molecule has 1 aromatic carbocycles. The van der Waals surface area contributed by atoms with Crippen LogP contribution in [-0.2, 0) is 6.18 Å². The average molecular weight is 267 g/mol. The fraction of sp³-hybridized carbons (Fsp3) is 0.308. The molecule has 0 bridgehead atoms. The molecule has 1 fully saturated rings. The molecule has 3 rings (SSSR count). The number of benzene rings is 1. The van der Waals surface area contributed by atoms with Gasteiger partial charge in [0.25, 0.3) is 0 Å². The van der Waals surface area contributed by atoms with Gasteiger partial charge in [0.2, 0.25) is 0 Å². The van der Waals surface area contributed by atoms with Crippen molar-refractivity contribution in [2.24, 2.45) is 0 Å². The van der Waals surface area contributed by atoms with Gasteiger partial charge in [-0.05, 0) is 31.0 Å². The topological polar surface area (TPSA) is 43.8 Å². The van der Waals surface area contributed by atoms with Crippen molar-refractivity contribution in [1.29, 1.82) is 0 Å². The van der Waals surface area contributed by atoms with E-state index in [4.69, 9.17) is 5.73 Å². The molecule has 0 unspecified atom stereocenters. The third-order valence-corrected chi connectivity index (χ3v) is 3.16. The lowest BCUT2D eigenvalue weighted by Crippen LogP contribution is -2.07. The minimum absolute atomic E-state index is 0.0893. The number of halogens is 3. The van der Waals surface area contributed by atoms with E-state index in [1.165, 1.54) is 12.4 Å². The zero-order chi connectivity index (χ0) is 13.6. The second-order valence-electron chi connectivity index (χ2n) is 4.79. The number of hydrogen-bond acceptors (Lipinski definition) is 2. The average Bonchev–Trinajstić information content (AvgIpc) is 3.05. The van der Waals surface area contributed by atoms with Crippen LogP contribution < -0.4 is 5.73 Å². The summed E-state index contributed by atoms with van der Waals surface area (Å²) in [5.74, 6) is 0.462. The van der Waals surface area contributed by atoms with Crippen LogP contribution in [0.1, 0.15) is 30.0 Å². The SMILES string of the molecule is Nc1cc(-n2cnc(C3CC3)c2)cc(C(F)(F)F)c1. The second-order valence-corrected chi connectivity index (χ2v) is 4.79. The fourth-order valence-electron chi connectivity index (χ4n) is 2.02. The summed E-state index contributed by atoms with van der Waals surface area (Å²) in [6.07, 6.45) is 1.10. The van der Waals surface area contributed by atoms with Crippen molar-refractivity contribution in [3.8, 4) is 5.69 Å². The van der Waals surface area contributed by atoms with E-state index in [1.807, 2.05) is 0 Å². The van der Waals surface area contributed by atoms with Gasteiger partial charge in [0.05, 0.1) is 17.6 Å². The molecule has 1 saturated carbocycles. The van der Waals surface area contributed by atoms with Crippen LogP contribution in [-0.4, -0.2) is 9.55 Å². The zero-order valence-corrected chi connectivity index (χ0v) is 9.98. The van der Waals surface area contributed by atoms with Crippen molar-refractivity contribution in [3.05, 3.63) is 42.0 Å². The lowest BCUT2D eigenvalue weighted by atomic mass is 10.1. The third-order valence-electron chi connectivity index (χ3n) is 3.16. The lowest BCUT2D eigenvalue weighted by Gasteiger charge is -2.10. The normalized spacial score (nSPS) is 15.7. The Morgan fingerprint density at radius 2 is 1.95 bits per heavy atom. The summed E-state index contributed by atoms with van der Waals surface area (Å²) >= 11 is 0. The van der Waals surface area contributed by atoms with E-state index in [0.717, 1.165) is 30.7 Å². The van der Waals surface area contributed by atoms with E-state index in [9.17, 15) is 13.2 Å². The predicted octanol–water partition coefficient (Wildman–Crippen LogP) is 3.35. The number of hydrogen-bond donors (Lipinski definition) is 1. The van der Waals surface area contributed by atoms with Gasteiger partial charge >= 0.3 is 6.18 Å². The van der Waals surface area contributed by atoms with Crippen molar-refractivity contribution in [2.45, 2.75) is 24.9 Å². The summed E-state index contributed by atoms with van der Waals surface area (Å²) < 4.78 is 39.8. The van der Waals surface area contributed by atoms with Gasteiger partial charge in [-0.2, -0.15) is 13.2 Å². The van der Waals surface area contributed by atoms with Crippen LogP contribution in [0.25, 0.3) is 5.69 Å². The van der Waals surface area contributed by atoms with Crippen molar-refractivity contribution >= 4 is 5.69 Å². The Bertz CT molecular complexity index is 612. The number of nitrogens with two attached hydrogens (primary N) is 1. The van der Waals surface area contributed by atoms with E-state index in [2.05, 4.69) is 4.98 Å². The number of nitrogen functional groups attached to an aromatic ring is 1. The molecule has 0 radical (unpaired) electrons. The molecule has 2 N–H and O–H groups in total. The fourth-order valence-corrected chi connectivity index (χ4v) is 2.02. The molecule has 1 heterocycles. The molecule has 6 heteroatoms. The van der Waals surface area contributed by atoms with Crippen LogP contribution >= 0.6 is 0 Å². The van der Waals surface area contributed by atoms with Gasteiger partial charge in [-0.3, -0.25) is 0 Å². The highest BCUT2D eigenvalue weighted by molar-refractivity contribution is 5.52. The van der Waals surface area contributed by atoms with Crippen LogP contribution in [0.4, 0.5) is 18.9 Å². The number of imidazole rings is 1. The van der Waals surface area contributed by atoms with Crippen molar-refractivity contribution < 1.29 is 13.2 Å². The molecule has 1 aromatic heterocycles. The number of aromatic nitrogens is 2. The van der Waals surface area contributed by atoms with Gasteiger partial charge in [0.15, 0.2) is 0 Å². The number of rotatable bonds is 2. The highest BCUT2D eigenvalue weighted by Gasteiger charge is 2.31. The lowest BCUT2D eigenvalue weighted by molar-refractivity contribution is -0.137. The first-order chi connectivity index (χ1) is 8.93. The minimum Gasteiger partial charge on any atom is -0.399 e. The maximum absolute atomic E-state index is 12.7. The van der Waals surface area contributed by atoms with Crippen LogP contribution in [0, 0.1) is 0 Å². The summed E-state index contributed by atoms with van der Waals surface area (Å²) in [4.78, 5) is 4.22. The van der Waals surface area contributed by atoms with Gasteiger partial charge < -0.3 is 10.3 Å². The van der Waals surface area contributed by atoms with Crippen molar-refractivity contribution in [2.75, 3.05) is 5.73 Å². The van der Waals surface area contributed by atoms with E-state index < -0.39 is 11.7 Å². The smallest absolute Gasteiger partial charge is 0.399 e. The molecule has 19 heavy (non-hydrogen) atoms. The largest absolute Gasteiger partial charge is 0.416 e. The Labute approximate surface area is 107 Å². The van der Waals surface area contributed by atoms with Crippen LogP contribution in [0.2, 0.25) is 0 Å². The summed E-state index contributed by atoms with van der Waals surface area (Å²) in [6.45, 7) is 0. The Morgan fingerprint density at radius 3 is 2.58 bits per heavy atom. The highest BCUT2D eigenvalue weighted by atomic mass is 19.4. The Balaban J connectivity index is 2.01. The zero-order valence-electron chi connectivity index (χ0n) is 9.98. The molecule has 0 spiro atoms. The van der Waals surface area contributed by atoms with Gasteiger partial charge in [-0.25, -0.2) is 4.98 Å². The monoisotopic (exact) mass is 267 g/mol.